The van der Waals surface area contributed by atoms with Crippen LogP contribution in [0.4, 0.5) is 0 Å². The van der Waals surface area contributed by atoms with Crippen LogP contribution in [0.25, 0.3) is 0 Å². The van der Waals surface area contributed by atoms with Crippen LogP contribution in [0.1, 0.15) is 51.9 Å². The smallest absolute Gasteiger partial charge is 0.221 e. The lowest BCUT2D eigenvalue weighted by Gasteiger charge is -2.42. The van der Waals surface area contributed by atoms with Crippen LogP contribution in [0.2, 0.25) is 0 Å². The second-order valence-electron chi connectivity index (χ2n) is 5.01. The normalized spacial score (nSPS) is 23.3. The fourth-order valence-corrected chi connectivity index (χ4v) is 2.23. The summed E-state index contributed by atoms with van der Waals surface area (Å²) in [6, 6.07) is 0.501. The summed E-state index contributed by atoms with van der Waals surface area (Å²) in [4.78, 5) is 11.4. The highest BCUT2D eigenvalue weighted by atomic mass is 16.1. The van der Waals surface area contributed by atoms with E-state index in [1.54, 1.807) is 0 Å². The number of hydrogen-bond acceptors (Lipinski definition) is 2. The molecule has 2 N–H and O–H groups in total. The van der Waals surface area contributed by atoms with E-state index in [0.29, 0.717) is 18.0 Å². The molecule has 0 unspecified atom stereocenters. The van der Waals surface area contributed by atoms with Gasteiger partial charge in [0.25, 0.3) is 0 Å². The summed E-state index contributed by atoms with van der Waals surface area (Å²) < 4.78 is 0. The van der Waals surface area contributed by atoms with Crippen molar-refractivity contribution >= 4 is 5.91 Å². The van der Waals surface area contributed by atoms with Gasteiger partial charge in [-0.1, -0.05) is 6.92 Å². The number of hydrogen-bond donors (Lipinski definition) is 2. The van der Waals surface area contributed by atoms with E-state index in [-0.39, 0.29) is 5.91 Å². The maximum Gasteiger partial charge on any atom is 0.221 e. The van der Waals surface area contributed by atoms with Crippen LogP contribution >= 0.6 is 0 Å². The summed E-state index contributed by atoms with van der Waals surface area (Å²) in [7, 11) is 0. The molecule has 0 atom stereocenters. The lowest BCUT2D eigenvalue weighted by atomic mass is 9.75. The molecule has 3 nitrogen and oxygen atoms in total. The van der Waals surface area contributed by atoms with Gasteiger partial charge in [-0.3, -0.25) is 4.79 Å². The minimum atomic E-state index is 0.218. The lowest BCUT2D eigenvalue weighted by Crippen LogP contribution is -2.51. The highest BCUT2D eigenvalue weighted by Crippen LogP contribution is 2.34. The highest BCUT2D eigenvalue weighted by Gasteiger charge is 2.34. The zero-order valence-electron chi connectivity index (χ0n) is 9.64. The monoisotopic (exact) mass is 210 g/mol. The van der Waals surface area contributed by atoms with Crippen molar-refractivity contribution in [2.24, 2.45) is 0 Å². The maximum absolute atomic E-state index is 11.4. The molecule has 3 heteroatoms. The van der Waals surface area contributed by atoms with Crippen molar-refractivity contribution in [1.82, 2.24) is 10.6 Å². The van der Waals surface area contributed by atoms with Gasteiger partial charge in [-0.15, -0.1) is 0 Å². The lowest BCUT2D eigenvalue weighted by molar-refractivity contribution is -0.121. The standard InChI is InChI=1S/C12H22N2O/c1-2-12(7-3-8-12)13-9-6-11(15)14-10-4-5-10/h10,13H,2-9H2,1H3,(H,14,15). The number of nitrogens with one attached hydrogen (secondary N) is 2. The Hall–Kier alpha value is -0.570. The van der Waals surface area contributed by atoms with Crippen LogP contribution in [-0.4, -0.2) is 24.0 Å². The molecule has 0 radical (unpaired) electrons. The van der Waals surface area contributed by atoms with Crippen molar-refractivity contribution in [3.8, 4) is 0 Å². The summed E-state index contributed by atoms with van der Waals surface area (Å²) >= 11 is 0. The molecule has 86 valence electrons. The fraction of sp³-hybridized carbons (Fsp3) is 0.917. The van der Waals surface area contributed by atoms with Gasteiger partial charge in [0.15, 0.2) is 0 Å². The topological polar surface area (TPSA) is 41.1 Å². The van der Waals surface area contributed by atoms with Gasteiger partial charge in [0, 0.05) is 24.5 Å². The summed E-state index contributed by atoms with van der Waals surface area (Å²) in [5.41, 5.74) is 0.375. The van der Waals surface area contributed by atoms with Crippen LogP contribution < -0.4 is 10.6 Å². The van der Waals surface area contributed by atoms with Gasteiger partial charge < -0.3 is 10.6 Å². The molecular formula is C12H22N2O. The summed E-state index contributed by atoms with van der Waals surface area (Å²) in [6.45, 7) is 3.07. The van der Waals surface area contributed by atoms with Gasteiger partial charge in [-0.25, -0.2) is 0 Å². The number of carbonyl (C=O) groups is 1. The largest absolute Gasteiger partial charge is 0.353 e. The molecule has 0 spiro atoms. The Kier molecular flexibility index (Phi) is 3.29. The molecule has 2 rings (SSSR count). The molecule has 0 saturated heterocycles. The molecule has 0 heterocycles. The SMILES string of the molecule is CCC1(NCCC(=O)NC2CC2)CCC1. The van der Waals surface area contributed by atoms with Crippen LogP contribution in [0.15, 0.2) is 0 Å². The Bertz CT molecular complexity index is 226. The predicted octanol–water partition coefficient (Wildman–Crippen LogP) is 1.58. The first kappa shape index (κ1) is 10.9. The molecule has 0 aromatic carbocycles. The third kappa shape index (κ3) is 2.94. The van der Waals surface area contributed by atoms with Gasteiger partial charge in [0.1, 0.15) is 0 Å². The molecular weight excluding hydrogens is 188 g/mol. The van der Waals surface area contributed by atoms with Crippen molar-refractivity contribution in [2.45, 2.75) is 63.5 Å². The minimum Gasteiger partial charge on any atom is -0.353 e. The Morgan fingerprint density at radius 3 is 2.60 bits per heavy atom. The van der Waals surface area contributed by atoms with E-state index >= 15 is 0 Å². The van der Waals surface area contributed by atoms with Gasteiger partial charge in [-0.2, -0.15) is 0 Å². The van der Waals surface area contributed by atoms with Crippen LogP contribution in [-0.2, 0) is 4.79 Å². The van der Waals surface area contributed by atoms with E-state index in [1.807, 2.05) is 0 Å². The summed E-state index contributed by atoms with van der Waals surface area (Å²) in [6.07, 6.45) is 8.10. The number of carbonyl (C=O) groups excluding carboxylic acids is 1. The Morgan fingerprint density at radius 2 is 2.13 bits per heavy atom. The molecule has 0 aromatic heterocycles. The fourth-order valence-electron chi connectivity index (χ4n) is 2.23. The van der Waals surface area contributed by atoms with Crippen molar-refractivity contribution in [3.05, 3.63) is 0 Å². The molecule has 2 saturated carbocycles. The van der Waals surface area contributed by atoms with E-state index in [1.165, 1.54) is 38.5 Å². The summed E-state index contributed by atoms with van der Waals surface area (Å²) in [5.74, 6) is 0.218. The number of rotatable bonds is 6. The van der Waals surface area contributed by atoms with E-state index in [2.05, 4.69) is 17.6 Å². The van der Waals surface area contributed by atoms with Gasteiger partial charge in [-0.05, 0) is 38.5 Å². The molecule has 15 heavy (non-hydrogen) atoms. The third-order valence-corrected chi connectivity index (χ3v) is 3.78. The predicted molar refractivity (Wildman–Crippen MR) is 60.7 cm³/mol. The third-order valence-electron chi connectivity index (χ3n) is 3.78. The minimum absolute atomic E-state index is 0.218. The van der Waals surface area contributed by atoms with Gasteiger partial charge >= 0.3 is 0 Å². The molecule has 2 aliphatic carbocycles. The van der Waals surface area contributed by atoms with Gasteiger partial charge in [0.2, 0.25) is 5.91 Å². The molecule has 2 fully saturated rings. The average Bonchev–Trinajstić information content (AvgIpc) is 2.93. The van der Waals surface area contributed by atoms with E-state index in [9.17, 15) is 4.79 Å². The second-order valence-corrected chi connectivity index (χ2v) is 5.01. The molecule has 0 aliphatic heterocycles. The van der Waals surface area contributed by atoms with Gasteiger partial charge in [0.05, 0.1) is 0 Å². The van der Waals surface area contributed by atoms with Crippen LogP contribution in [0, 0.1) is 0 Å². The highest BCUT2D eigenvalue weighted by molar-refractivity contribution is 5.76. The first-order chi connectivity index (χ1) is 7.24. The van der Waals surface area contributed by atoms with Crippen molar-refractivity contribution in [1.29, 1.82) is 0 Å². The number of amides is 1. The molecule has 0 bridgehead atoms. The van der Waals surface area contributed by atoms with Crippen LogP contribution in [0.3, 0.4) is 0 Å². The van der Waals surface area contributed by atoms with E-state index in [4.69, 9.17) is 0 Å². The first-order valence-electron chi connectivity index (χ1n) is 6.28. The quantitative estimate of drug-likeness (QED) is 0.699. The van der Waals surface area contributed by atoms with E-state index in [0.717, 1.165) is 6.54 Å². The maximum atomic E-state index is 11.4. The van der Waals surface area contributed by atoms with Crippen molar-refractivity contribution < 1.29 is 4.79 Å². The van der Waals surface area contributed by atoms with Crippen LogP contribution in [0.5, 0.6) is 0 Å². The van der Waals surface area contributed by atoms with E-state index < -0.39 is 0 Å². The zero-order valence-corrected chi connectivity index (χ0v) is 9.64. The summed E-state index contributed by atoms with van der Waals surface area (Å²) in [5, 5.41) is 6.56. The van der Waals surface area contributed by atoms with Crippen molar-refractivity contribution in [3.63, 3.8) is 0 Å². The molecule has 2 aliphatic rings. The second kappa shape index (κ2) is 4.52. The Labute approximate surface area is 92.0 Å². The Morgan fingerprint density at radius 1 is 1.40 bits per heavy atom. The zero-order chi connectivity index (χ0) is 10.7. The first-order valence-corrected chi connectivity index (χ1v) is 6.28. The molecule has 0 aromatic rings. The average molecular weight is 210 g/mol. The Balaban J connectivity index is 1.58. The van der Waals surface area contributed by atoms with Crippen molar-refractivity contribution in [2.75, 3.05) is 6.54 Å². The molecule has 1 amide bonds.